The molecule has 1 unspecified atom stereocenters. The Morgan fingerprint density at radius 1 is 0.562 bits per heavy atom. The molecule has 5 heteroatoms. The number of hydrazone groups is 1. The molecule has 0 bridgehead atoms. The molecule has 0 saturated heterocycles. The lowest BCUT2D eigenvalue weighted by Crippen LogP contribution is -2.22. The Labute approximate surface area is 281 Å². The van der Waals surface area contributed by atoms with Crippen LogP contribution in [0.5, 0.6) is 0 Å². The molecule has 0 amide bonds. The van der Waals surface area contributed by atoms with Crippen molar-refractivity contribution in [3.8, 4) is 0 Å². The van der Waals surface area contributed by atoms with E-state index in [4.69, 9.17) is 15.1 Å². The average Bonchev–Trinajstić information content (AvgIpc) is 3.59. The van der Waals surface area contributed by atoms with Crippen molar-refractivity contribution in [3.05, 3.63) is 186 Å². The van der Waals surface area contributed by atoms with Crippen LogP contribution in [0.2, 0.25) is 0 Å². The molecule has 7 aromatic rings. The number of benzene rings is 5. The van der Waals surface area contributed by atoms with Gasteiger partial charge in [-0.25, -0.2) is 9.99 Å². The van der Waals surface area contributed by atoms with Crippen LogP contribution in [-0.4, -0.2) is 15.7 Å². The third-order valence-corrected chi connectivity index (χ3v) is 8.87. The zero-order chi connectivity index (χ0) is 32.1. The number of allylic oxidation sites excluding steroid dienone is 1. The number of rotatable bonds is 9. The molecule has 232 valence electrons. The van der Waals surface area contributed by atoms with E-state index in [2.05, 4.69) is 144 Å². The fourth-order valence-corrected chi connectivity index (χ4v) is 6.36. The maximum Gasteiger partial charge on any atom is 0.150 e. The van der Waals surface area contributed by atoms with Gasteiger partial charge in [0.1, 0.15) is 11.9 Å². The van der Waals surface area contributed by atoms with E-state index >= 15 is 0 Å². The Hall–Kier alpha value is -6.07. The average molecular weight is 622 g/mol. The van der Waals surface area contributed by atoms with Crippen molar-refractivity contribution in [1.82, 2.24) is 9.97 Å². The first-order valence-electron chi connectivity index (χ1n) is 16.4. The second kappa shape index (κ2) is 13.3. The van der Waals surface area contributed by atoms with Crippen molar-refractivity contribution >= 4 is 45.1 Å². The summed E-state index contributed by atoms with van der Waals surface area (Å²) in [6, 6.07) is 55.0. The number of anilines is 2. The van der Waals surface area contributed by atoms with Crippen molar-refractivity contribution < 1.29 is 0 Å². The molecule has 1 atom stereocenters. The van der Waals surface area contributed by atoms with Gasteiger partial charge in [0.05, 0.1) is 22.4 Å². The van der Waals surface area contributed by atoms with E-state index in [9.17, 15) is 0 Å². The molecule has 0 N–H and O–H groups in total. The highest BCUT2D eigenvalue weighted by atomic mass is 15.5. The fourth-order valence-electron chi connectivity index (χ4n) is 6.36. The summed E-state index contributed by atoms with van der Waals surface area (Å²) in [5.41, 5.74) is 8.81. The van der Waals surface area contributed by atoms with Crippen LogP contribution in [0.25, 0.3) is 27.9 Å². The van der Waals surface area contributed by atoms with Crippen LogP contribution in [0, 0.1) is 0 Å². The number of fused-ring (bicyclic) bond motifs is 2. The van der Waals surface area contributed by atoms with E-state index in [0.717, 1.165) is 64.1 Å². The lowest BCUT2D eigenvalue weighted by Gasteiger charge is -2.25. The standard InChI is InChI=1S/C43H35N5/c1-3-11-33(12-4-1)30-47(31-34-13-5-2-6-14-34)38-25-20-32(21-26-38)19-24-37-29-42(41-27-22-35-15-7-9-17-39(35)44-41)48(46-37)43-28-23-36-16-8-10-18-40(36)45-43/h1-28,42H,29-31H2. The quantitative estimate of drug-likeness (QED) is 0.161. The molecule has 0 aliphatic carbocycles. The highest BCUT2D eigenvalue weighted by Gasteiger charge is 2.30. The molecule has 2 aromatic heterocycles. The minimum Gasteiger partial charge on any atom is -0.363 e. The van der Waals surface area contributed by atoms with Crippen LogP contribution >= 0.6 is 0 Å². The molecule has 1 aliphatic heterocycles. The Morgan fingerprint density at radius 2 is 1.15 bits per heavy atom. The largest absolute Gasteiger partial charge is 0.363 e. The van der Waals surface area contributed by atoms with Crippen LogP contribution in [0.4, 0.5) is 11.5 Å². The number of para-hydroxylation sites is 2. The fraction of sp³-hybridized carbons (Fsp3) is 0.0930. The van der Waals surface area contributed by atoms with Gasteiger partial charge in [-0.05, 0) is 65.2 Å². The second-order valence-electron chi connectivity index (χ2n) is 12.2. The first-order chi connectivity index (χ1) is 23.7. The molecule has 5 aromatic carbocycles. The summed E-state index contributed by atoms with van der Waals surface area (Å²) in [6.45, 7) is 1.68. The van der Waals surface area contributed by atoms with Crippen LogP contribution in [0.15, 0.2) is 169 Å². The Balaban J connectivity index is 1.06. The van der Waals surface area contributed by atoms with Gasteiger partial charge in [-0.2, -0.15) is 5.10 Å². The summed E-state index contributed by atoms with van der Waals surface area (Å²) in [4.78, 5) is 12.5. The predicted octanol–water partition coefficient (Wildman–Crippen LogP) is 10.0. The maximum atomic E-state index is 5.11. The third kappa shape index (κ3) is 6.44. The van der Waals surface area contributed by atoms with E-state index < -0.39 is 0 Å². The lowest BCUT2D eigenvalue weighted by atomic mass is 10.0. The van der Waals surface area contributed by atoms with E-state index in [1.165, 1.54) is 16.8 Å². The molecule has 0 spiro atoms. The first-order valence-corrected chi connectivity index (χ1v) is 16.4. The molecule has 3 heterocycles. The normalized spacial score (nSPS) is 14.5. The predicted molar refractivity (Wildman–Crippen MR) is 199 cm³/mol. The molecule has 48 heavy (non-hydrogen) atoms. The monoisotopic (exact) mass is 621 g/mol. The van der Waals surface area contributed by atoms with Gasteiger partial charge in [-0.1, -0.05) is 121 Å². The van der Waals surface area contributed by atoms with Crippen molar-refractivity contribution in [3.63, 3.8) is 0 Å². The molecule has 1 aliphatic rings. The van der Waals surface area contributed by atoms with E-state index in [1.807, 2.05) is 35.3 Å². The topological polar surface area (TPSA) is 44.6 Å². The van der Waals surface area contributed by atoms with Gasteiger partial charge < -0.3 is 4.90 Å². The second-order valence-corrected chi connectivity index (χ2v) is 12.2. The van der Waals surface area contributed by atoms with Gasteiger partial charge in [0.15, 0.2) is 0 Å². The van der Waals surface area contributed by atoms with Crippen LogP contribution in [0.3, 0.4) is 0 Å². The highest BCUT2D eigenvalue weighted by molar-refractivity contribution is 6.01. The number of nitrogens with zero attached hydrogens (tertiary/aromatic N) is 5. The molecule has 0 radical (unpaired) electrons. The van der Waals surface area contributed by atoms with E-state index in [0.29, 0.717) is 0 Å². The summed E-state index contributed by atoms with van der Waals surface area (Å²) in [6.07, 6.45) is 5.02. The minimum absolute atomic E-state index is 0.0603. The summed E-state index contributed by atoms with van der Waals surface area (Å²) < 4.78 is 0. The van der Waals surface area contributed by atoms with Gasteiger partial charge in [0.25, 0.3) is 0 Å². The van der Waals surface area contributed by atoms with Crippen molar-refractivity contribution in [2.24, 2.45) is 5.10 Å². The van der Waals surface area contributed by atoms with Crippen LogP contribution in [-0.2, 0) is 13.1 Å². The Bertz CT molecular complexity index is 2180. The van der Waals surface area contributed by atoms with E-state index in [-0.39, 0.29) is 6.04 Å². The van der Waals surface area contributed by atoms with Gasteiger partial charge >= 0.3 is 0 Å². The Morgan fingerprint density at radius 3 is 1.81 bits per heavy atom. The van der Waals surface area contributed by atoms with Crippen molar-refractivity contribution in [1.29, 1.82) is 0 Å². The number of hydrogen-bond donors (Lipinski definition) is 0. The zero-order valence-corrected chi connectivity index (χ0v) is 26.6. The molecule has 0 saturated carbocycles. The first kappa shape index (κ1) is 29.3. The summed E-state index contributed by atoms with van der Waals surface area (Å²) >= 11 is 0. The minimum atomic E-state index is -0.0603. The van der Waals surface area contributed by atoms with Crippen molar-refractivity contribution in [2.75, 3.05) is 9.91 Å². The molecule has 5 nitrogen and oxygen atoms in total. The van der Waals surface area contributed by atoms with Gasteiger partial charge in [-0.15, -0.1) is 0 Å². The smallest absolute Gasteiger partial charge is 0.150 e. The zero-order valence-electron chi connectivity index (χ0n) is 26.6. The highest BCUT2D eigenvalue weighted by Crippen LogP contribution is 2.35. The molecule has 0 fully saturated rings. The van der Waals surface area contributed by atoms with Crippen molar-refractivity contribution in [2.45, 2.75) is 25.6 Å². The number of pyridine rings is 2. The summed E-state index contributed by atoms with van der Waals surface area (Å²) in [5.74, 6) is 0.818. The Kier molecular flexibility index (Phi) is 8.16. The molecular formula is C43H35N5. The van der Waals surface area contributed by atoms with Crippen LogP contribution < -0.4 is 9.91 Å². The maximum absolute atomic E-state index is 5.11. The van der Waals surface area contributed by atoms with Gasteiger partial charge in [-0.3, -0.25) is 4.98 Å². The third-order valence-electron chi connectivity index (χ3n) is 8.87. The molecular weight excluding hydrogens is 587 g/mol. The molecule has 8 rings (SSSR count). The SMILES string of the molecule is C(=Cc1ccc(N(Cc2ccccc2)Cc2ccccc2)cc1)C1=NN(c2ccc3ccccc3n2)C(c2ccc3ccccc3n2)C1. The summed E-state index contributed by atoms with van der Waals surface area (Å²) in [5, 5.41) is 9.39. The van der Waals surface area contributed by atoms with Gasteiger partial charge in [0, 0.05) is 36.0 Å². The number of aromatic nitrogens is 2. The lowest BCUT2D eigenvalue weighted by molar-refractivity contribution is 0.682. The van der Waals surface area contributed by atoms with E-state index in [1.54, 1.807) is 0 Å². The summed E-state index contributed by atoms with van der Waals surface area (Å²) in [7, 11) is 0. The van der Waals surface area contributed by atoms with Crippen LogP contribution in [0.1, 0.15) is 34.8 Å². The van der Waals surface area contributed by atoms with Gasteiger partial charge in [0.2, 0.25) is 0 Å². The number of hydrogen-bond acceptors (Lipinski definition) is 5.